The maximum absolute atomic E-state index is 12.0. The van der Waals surface area contributed by atoms with E-state index >= 15 is 0 Å². The van der Waals surface area contributed by atoms with E-state index in [0.717, 1.165) is 19.4 Å². The third kappa shape index (κ3) is 3.84. The lowest BCUT2D eigenvalue weighted by Gasteiger charge is -2.31. The Bertz CT molecular complexity index is 444. The summed E-state index contributed by atoms with van der Waals surface area (Å²) >= 11 is 0. The molecule has 0 spiro atoms. The van der Waals surface area contributed by atoms with Gasteiger partial charge in [-0.15, -0.1) is 0 Å². The lowest BCUT2D eigenvalue weighted by atomic mass is 9.99. The average molecular weight is 280 g/mol. The number of hydrogen-bond donors (Lipinski definition) is 2. The number of rotatable bonds is 5. The number of amides is 2. The molecule has 110 valence electrons. The summed E-state index contributed by atoms with van der Waals surface area (Å²) in [5.74, 6) is 0.138. The molecule has 1 aromatic rings. The largest absolute Gasteiger partial charge is 0.459 e. The van der Waals surface area contributed by atoms with Gasteiger partial charge in [0.1, 0.15) is 0 Å². The van der Waals surface area contributed by atoms with Crippen molar-refractivity contribution in [2.24, 2.45) is 5.92 Å². The van der Waals surface area contributed by atoms with E-state index in [1.807, 2.05) is 0 Å². The molecular formula is C14H20N2O4. The first-order valence-corrected chi connectivity index (χ1v) is 6.91. The van der Waals surface area contributed by atoms with Crippen LogP contribution in [-0.2, 0) is 4.79 Å². The summed E-state index contributed by atoms with van der Waals surface area (Å²) in [5, 5.41) is 11.8. The number of carbonyl (C=O) groups is 2. The van der Waals surface area contributed by atoms with Gasteiger partial charge in [-0.2, -0.15) is 0 Å². The lowest BCUT2D eigenvalue weighted by Crippen LogP contribution is -2.42. The van der Waals surface area contributed by atoms with E-state index in [9.17, 15) is 9.59 Å². The minimum absolute atomic E-state index is 0.0166. The van der Waals surface area contributed by atoms with Gasteiger partial charge in [0.2, 0.25) is 5.91 Å². The summed E-state index contributed by atoms with van der Waals surface area (Å²) in [6, 6.07) is 3.22. The summed E-state index contributed by atoms with van der Waals surface area (Å²) in [4.78, 5) is 25.4. The number of likely N-dealkylation sites (tertiary alicyclic amines) is 1. The van der Waals surface area contributed by atoms with Gasteiger partial charge in [0, 0.05) is 32.7 Å². The highest BCUT2D eigenvalue weighted by molar-refractivity contribution is 5.91. The first kappa shape index (κ1) is 14.6. The van der Waals surface area contributed by atoms with Gasteiger partial charge in [0.15, 0.2) is 5.76 Å². The standard InChI is InChI=1S/C14H20N2O4/c17-10-11-3-1-7-16(9-11)13(18)5-6-15-14(19)12-4-2-8-20-12/h2,4,8,11,17H,1,3,5-7,9-10H2,(H,15,19). The fraction of sp³-hybridized carbons (Fsp3) is 0.571. The summed E-state index contributed by atoms with van der Waals surface area (Å²) in [6.45, 7) is 1.76. The molecule has 0 saturated carbocycles. The fourth-order valence-electron chi connectivity index (χ4n) is 2.38. The van der Waals surface area contributed by atoms with E-state index in [1.165, 1.54) is 6.26 Å². The Morgan fingerprint density at radius 3 is 3.05 bits per heavy atom. The van der Waals surface area contributed by atoms with Gasteiger partial charge >= 0.3 is 0 Å². The predicted molar refractivity (Wildman–Crippen MR) is 72.0 cm³/mol. The van der Waals surface area contributed by atoms with E-state index in [2.05, 4.69) is 5.32 Å². The molecular weight excluding hydrogens is 260 g/mol. The molecule has 2 rings (SSSR count). The monoisotopic (exact) mass is 280 g/mol. The van der Waals surface area contributed by atoms with E-state index in [1.54, 1.807) is 17.0 Å². The van der Waals surface area contributed by atoms with Crippen molar-refractivity contribution in [3.8, 4) is 0 Å². The zero-order chi connectivity index (χ0) is 14.4. The smallest absolute Gasteiger partial charge is 0.286 e. The van der Waals surface area contributed by atoms with E-state index < -0.39 is 0 Å². The Morgan fingerprint density at radius 2 is 2.35 bits per heavy atom. The number of piperidine rings is 1. The van der Waals surface area contributed by atoms with Crippen molar-refractivity contribution in [3.63, 3.8) is 0 Å². The zero-order valence-corrected chi connectivity index (χ0v) is 11.4. The Labute approximate surface area is 117 Å². The van der Waals surface area contributed by atoms with E-state index in [-0.39, 0.29) is 36.5 Å². The van der Waals surface area contributed by atoms with E-state index in [4.69, 9.17) is 9.52 Å². The van der Waals surface area contributed by atoms with Gasteiger partial charge < -0.3 is 19.7 Å². The van der Waals surface area contributed by atoms with Crippen molar-refractivity contribution in [2.75, 3.05) is 26.2 Å². The molecule has 2 amide bonds. The number of aliphatic hydroxyl groups is 1. The molecule has 6 nitrogen and oxygen atoms in total. The second-order valence-electron chi connectivity index (χ2n) is 5.01. The first-order chi connectivity index (χ1) is 9.70. The Hall–Kier alpha value is -1.82. The molecule has 2 heterocycles. The number of hydrogen-bond acceptors (Lipinski definition) is 4. The average Bonchev–Trinajstić information content (AvgIpc) is 3.01. The normalized spacial score (nSPS) is 18.9. The first-order valence-electron chi connectivity index (χ1n) is 6.91. The molecule has 1 fully saturated rings. The summed E-state index contributed by atoms with van der Waals surface area (Å²) in [5.41, 5.74) is 0. The highest BCUT2D eigenvalue weighted by Crippen LogP contribution is 2.16. The SMILES string of the molecule is O=C(NCCC(=O)N1CCCC(CO)C1)c1ccco1. The molecule has 1 aromatic heterocycles. The molecule has 2 N–H and O–H groups in total. The molecule has 1 unspecified atom stereocenters. The lowest BCUT2D eigenvalue weighted by molar-refractivity contribution is -0.133. The Balaban J connectivity index is 1.71. The van der Waals surface area contributed by atoms with Crippen LogP contribution in [0.4, 0.5) is 0 Å². The quantitative estimate of drug-likeness (QED) is 0.828. The topological polar surface area (TPSA) is 82.8 Å². The van der Waals surface area contributed by atoms with Gasteiger partial charge in [0.05, 0.1) is 6.26 Å². The minimum atomic E-state index is -0.310. The summed E-state index contributed by atoms with van der Waals surface area (Å²) in [6.07, 6.45) is 3.60. The maximum Gasteiger partial charge on any atom is 0.286 e. The number of carbonyl (C=O) groups excluding carboxylic acids is 2. The highest BCUT2D eigenvalue weighted by Gasteiger charge is 2.22. The van der Waals surface area contributed by atoms with Gasteiger partial charge in [0.25, 0.3) is 5.91 Å². The van der Waals surface area contributed by atoms with Crippen LogP contribution in [0.2, 0.25) is 0 Å². The molecule has 6 heteroatoms. The van der Waals surface area contributed by atoms with Gasteiger partial charge in [-0.05, 0) is 30.9 Å². The fourth-order valence-corrected chi connectivity index (χ4v) is 2.38. The highest BCUT2D eigenvalue weighted by atomic mass is 16.3. The van der Waals surface area contributed by atoms with Crippen molar-refractivity contribution in [2.45, 2.75) is 19.3 Å². The van der Waals surface area contributed by atoms with Crippen molar-refractivity contribution in [3.05, 3.63) is 24.2 Å². The van der Waals surface area contributed by atoms with Crippen LogP contribution in [0.5, 0.6) is 0 Å². The third-order valence-corrected chi connectivity index (χ3v) is 3.50. The van der Waals surface area contributed by atoms with Crippen LogP contribution in [0, 0.1) is 5.92 Å². The van der Waals surface area contributed by atoms with E-state index in [0.29, 0.717) is 13.1 Å². The molecule has 20 heavy (non-hydrogen) atoms. The molecule has 1 aliphatic rings. The van der Waals surface area contributed by atoms with Crippen molar-refractivity contribution in [1.82, 2.24) is 10.2 Å². The summed E-state index contributed by atoms with van der Waals surface area (Å²) < 4.78 is 4.96. The van der Waals surface area contributed by atoms with Crippen LogP contribution in [-0.4, -0.2) is 48.1 Å². The Morgan fingerprint density at radius 1 is 1.50 bits per heavy atom. The summed E-state index contributed by atoms with van der Waals surface area (Å²) in [7, 11) is 0. The second kappa shape index (κ2) is 7.09. The molecule has 0 radical (unpaired) electrons. The van der Waals surface area contributed by atoms with Crippen LogP contribution < -0.4 is 5.32 Å². The molecule has 1 saturated heterocycles. The number of nitrogens with zero attached hydrogens (tertiary/aromatic N) is 1. The van der Waals surface area contributed by atoms with Gasteiger partial charge in [-0.25, -0.2) is 0 Å². The van der Waals surface area contributed by atoms with Crippen LogP contribution in [0.1, 0.15) is 29.8 Å². The number of furan rings is 1. The minimum Gasteiger partial charge on any atom is -0.459 e. The number of aliphatic hydroxyl groups excluding tert-OH is 1. The predicted octanol–water partition coefficient (Wildman–Crippen LogP) is 0.630. The molecule has 0 bridgehead atoms. The Kier molecular flexibility index (Phi) is 5.17. The second-order valence-corrected chi connectivity index (χ2v) is 5.01. The van der Waals surface area contributed by atoms with Gasteiger partial charge in [-0.1, -0.05) is 0 Å². The third-order valence-electron chi connectivity index (χ3n) is 3.50. The van der Waals surface area contributed by atoms with Crippen molar-refractivity contribution in [1.29, 1.82) is 0 Å². The van der Waals surface area contributed by atoms with Crippen LogP contribution in [0.3, 0.4) is 0 Å². The molecule has 0 aliphatic carbocycles. The van der Waals surface area contributed by atoms with Crippen molar-refractivity contribution < 1.29 is 19.1 Å². The molecule has 1 aliphatic heterocycles. The maximum atomic E-state index is 12.0. The van der Waals surface area contributed by atoms with Crippen LogP contribution in [0.15, 0.2) is 22.8 Å². The van der Waals surface area contributed by atoms with Gasteiger partial charge in [-0.3, -0.25) is 9.59 Å². The van der Waals surface area contributed by atoms with Crippen LogP contribution >= 0.6 is 0 Å². The zero-order valence-electron chi connectivity index (χ0n) is 11.4. The molecule has 0 aromatic carbocycles. The number of nitrogens with one attached hydrogen (secondary N) is 1. The molecule has 1 atom stereocenters. The van der Waals surface area contributed by atoms with Crippen LogP contribution in [0.25, 0.3) is 0 Å². The van der Waals surface area contributed by atoms with Crippen molar-refractivity contribution >= 4 is 11.8 Å².